The fourth-order valence-corrected chi connectivity index (χ4v) is 1.23. The highest BCUT2D eigenvalue weighted by atomic mass is 16.1. The highest BCUT2D eigenvalue weighted by Crippen LogP contribution is 1.96. The van der Waals surface area contributed by atoms with E-state index in [0.717, 1.165) is 5.82 Å². The Balaban J connectivity index is 1.96. The zero-order valence-electron chi connectivity index (χ0n) is 8.27. The Morgan fingerprint density at radius 2 is 2.53 bits per heavy atom. The molecule has 0 aromatic carbocycles. The summed E-state index contributed by atoms with van der Waals surface area (Å²) in [6.07, 6.45) is 6.47. The average molecular weight is 205 g/mol. The van der Waals surface area contributed by atoms with E-state index in [4.69, 9.17) is 0 Å². The highest BCUT2D eigenvalue weighted by Gasteiger charge is 2.09. The number of H-pyrrole nitrogens is 1. The number of rotatable bonds is 3. The Kier molecular flexibility index (Phi) is 2.49. The lowest BCUT2D eigenvalue weighted by molar-refractivity contribution is 0.0942. The molecular weight excluding hydrogens is 194 g/mol. The third-order valence-corrected chi connectivity index (χ3v) is 2.02. The molecule has 6 nitrogen and oxygen atoms in total. The van der Waals surface area contributed by atoms with Crippen molar-refractivity contribution >= 4 is 5.91 Å². The minimum absolute atomic E-state index is 0.161. The van der Waals surface area contributed by atoms with Crippen molar-refractivity contribution in [3.8, 4) is 0 Å². The summed E-state index contributed by atoms with van der Waals surface area (Å²) >= 11 is 0. The smallest absolute Gasteiger partial charge is 0.269 e. The molecule has 78 valence electrons. The van der Waals surface area contributed by atoms with Gasteiger partial charge in [0.25, 0.3) is 5.91 Å². The van der Waals surface area contributed by atoms with E-state index in [1.807, 2.05) is 0 Å². The van der Waals surface area contributed by atoms with E-state index in [1.54, 1.807) is 30.3 Å². The predicted octanol–water partition coefficient (Wildman–Crippen LogP) is 0.0732. The molecule has 0 aliphatic heterocycles. The molecule has 2 aromatic rings. The van der Waals surface area contributed by atoms with Crippen molar-refractivity contribution in [2.75, 3.05) is 0 Å². The Morgan fingerprint density at radius 3 is 3.13 bits per heavy atom. The SMILES string of the molecule is Cn1cncc1C(=O)NCc1ncc[nH]1. The third-order valence-electron chi connectivity index (χ3n) is 2.02. The summed E-state index contributed by atoms with van der Waals surface area (Å²) in [4.78, 5) is 22.4. The molecule has 0 unspecified atom stereocenters. The van der Waals surface area contributed by atoms with Crippen LogP contribution in [0.2, 0.25) is 0 Å². The van der Waals surface area contributed by atoms with Gasteiger partial charge in [0, 0.05) is 19.4 Å². The van der Waals surface area contributed by atoms with Crippen LogP contribution in [0.1, 0.15) is 16.3 Å². The molecule has 0 aliphatic carbocycles. The molecule has 2 heterocycles. The van der Waals surface area contributed by atoms with Crippen LogP contribution in [0.25, 0.3) is 0 Å². The van der Waals surface area contributed by atoms with Crippen molar-refractivity contribution < 1.29 is 4.79 Å². The molecule has 2 N–H and O–H groups in total. The molecule has 0 saturated heterocycles. The van der Waals surface area contributed by atoms with Crippen molar-refractivity contribution in [3.05, 3.63) is 36.4 Å². The number of aromatic amines is 1. The lowest BCUT2D eigenvalue weighted by Crippen LogP contribution is -2.25. The van der Waals surface area contributed by atoms with Crippen LogP contribution in [-0.2, 0) is 13.6 Å². The normalized spacial score (nSPS) is 10.2. The van der Waals surface area contributed by atoms with Crippen LogP contribution < -0.4 is 5.32 Å². The van der Waals surface area contributed by atoms with Crippen LogP contribution in [0.15, 0.2) is 24.9 Å². The number of aromatic nitrogens is 4. The first-order valence-electron chi connectivity index (χ1n) is 4.50. The predicted molar refractivity (Wildman–Crippen MR) is 53.0 cm³/mol. The zero-order chi connectivity index (χ0) is 10.7. The summed E-state index contributed by atoms with van der Waals surface area (Å²) < 4.78 is 1.66. The molecule has 0 atom stereocenters. The van der Waals surface area contributed by atoms with E-state index in [9.17, 15) is 4.79 Å². The number of hydrogen-bond donors (Lipinski definition) is 2. The number of carbonyl (C=O) groups excluding carboxylic acids is 1. The standard InChI is InChI=1S/C9H11N5O/c1-14-6-10-4-7(14)9(15)13-5-8-11-2-3-12-8/h2-4,6H,5H2,1H3,(H,11,12)(H,13,15). The maximum Gasteiger partial charge on any atom is 0.269 e. The molecule has 1 amide bonds. The van der Waals surface area contributed by atoms with Gasteiger partial charge in [-0.3, -0.25) is 4.79 Å². The van der Waals surface area contributed by atoms with Gasteiger partial charge in [0.1, 0.15) is 11.5 Å². The molecule has 0 saturated carbocycles. The maximum atomic E-state index is 11.6. The Labute approximate surface area is 86.4 Å². The van der Waals surface area contributed by atoms with E-state index in [0.29, 0.717) is 12.2 Å². The van der Waals surface area contributed by atoms with Gasteiger partial charge in [-0.1, -0.05) is 0 Å². The van der Waals surface area contributed by atoms with Gasteiger partial charge in [-0.25, -0.2) is 9.97 Å². The molecule has 0 spiro atoms. The minimum atomic E-state index is -0.161. The van der Waals surface area contributed by atoms with Crippen molar-refractivity contribution in [1.29, 1.82) is 0 Å². The van der Waals surface area contributed by atoms with Crippen molar-refractivity contribution in [2.24, 2.45) is 7.05 Å². The fraction of sp³-hybridized carbons (Fsp3) is 0.222. The van der Waals surface area contributed by atoms with Gasteiger partial charge >= 0.3 is 0 Å². The van der Waals surface area contributed by atoms with Crippen molar-refractivity contribution in [3.63, 3.8) is 0 Å². The third kappa shape index (κ3) is 2.04. The van der Waals surface area contributed by atoms with E-state index in [2.05, 4.69) is 20.3 Å². The fourth-order valence-electron chi connectivity index (χ4n) is 1.23. The molecule has 0 aliphatic rings. The Bertz CT molecular complexity index is 445. The number of imidazole rings is 2. The molecule has 0 fully saturated rings. The largest absolute Gasteiger partial charge is 0.347 e. The second kappa shape index (κ2) is 3.95. The van der Waals surface area contributed by atoms with Gasteiger partial charge in [0.15, 0.2) is 0 Å². The van der Waals surface area contributed by atoms with Crippen molar-refractivity contribution in [2.45, 2.75) is 6.54 Å². The van der Waals surface area contributed by atoms with Gasteiger partial charge in [-0.2, -0.15) is 0 Å². The van der Waals surface area contributed by atoms with Crippen LogP contribution in [0.4, 0.5) is 0 Å². The quantitative estimate of drug-likeness (QED) is 0.744. The van der Waals surface area contributed by atoms with Gasteiger partial charge in [0.2, 0.25) is 0 Å². The van der Waals surface area contributed by atoms with E-state index in [1.165, 1.54) is 6.20 Å². The van der Waals surface area contributed by atoms with Crippen LogP contribution in [0.3, 0.4) is 0 Å². The monoisotopic (exact) mass is 205 g/mol. The van der Waals surface area contributed by atoms with Gasteiger partial charge in [-0.15, -0.1) is 0 Å². The topological polar surface area (TPSA) is 75.6 Å². The van der Waals surface area contributed by atoms with Crippen LogP contribution in [0.5, 0.6) is 0 Å². The first-order valence-corrected chi connectivity index (χ1v) is 4.50. The lowest BCUT2D eigenvalue weighted by atomic mass is 10.4. The van der Waals surface area contributed by atoms with E-state index >= 15 is 0 Å². The van der Waals surface area contributed by atoms with Crippen LogP contribution >= 0.6 is 0 Å². The van der Waals surface area contributed by atoms with Gasteiger partial charge in [-0.05, 0) is 0 Å². The average Bonchev–Trinajstić information content (AvgIpc) is 2.84. The maximum absolute atomic E-state index is 11.6. The summed E-state index contributed by atoms with van der Waals surface area (Å²) in [5.74, 6) is 0.567. The van der Waals surface area contributed by atoms with E-state index in [-0.39, 0.29) is 5.91 Å². The number of amides is 1. The molecule has 2 aromatic heterocycles. The summed E-state index contributed by atoms with van der Waals surface area (Å²) in [5.41, 5.74) is 0.529. The first-order chi connectivity index (χ1) is 7.27. The second-order valence-electron chi connectivity index (χ2n) is 3.11. The summed E-state index contributed by atoms with van der Waals surface area (Å²) in [5, 5.41) is 2.73. The summed E-state index contributed by atoms with van der Waals surface area (Å²) in [6, 6.07) is 0. The van der Waals surface area contributed by atoms with Crippen LogP contribution in [0, 0.1) is 0 Å². The lowest BCUT2D eigenvalue weighted by Gasteiger charge is -2.02. The number of aryl methyl sites for hydroxylation is 1. The summed E-state index contributed by atoms with van der Waals surface area (Å²) in [6.45, 7) is 0.386. The number of nitrogens with one attached hydrogen (secondary N) is 2. The number of nitrogens with zero attached hydrogens (tertiary/aromatic N) is 3. The second-order valence-corrected chi connectivity index (χ2v) is 3.11. The first kappa shape index (κ1) is 9.45. The van der Waals surface area contributed by atoms with E-state index < -0.39 is 0 Å². The molecular formula is C9H11N5O. The van der Waals surface area contributed by atoms with Gasteiger partial charge < -0.3 is 14.9 Å². The molecule has 15 heavy (non-hydrogen) atoms. The van der Waals surface area contributed by atoms with Gasteiger partial charge in [0.05, 0.1) is 19.1 Å². The van der Waals surface area contributed by atoms with Crippen molar-refractivity contribution in [1.82, 2.24) is 24.8 Å². The number of carbonyl (C=O) groups is 1. The zero-order valence-corrected chi connectivity index (χ0v) is 8.27. The van der Waals surface area contributed by atoms with Crippen LogP contribution in [-0.4, -0.2) is 25.4 Å². The molecule has 0 bridgehead atoms. The summed E-state index contributed by atoms with van der Waals surface area (Å²) in [7, 11) is 1.77. The molecule has 2 rings (SSSR count). The Morgan fingerprint density at radius 1 is 1.67 bits per heavy atom. The molecule has 6 heteroatoms. The number of hydrogen-bond acceptors (Lipinski definition) is 3. The molecule has 0 radical (unpaired) electrons. The highest BCUT2D eigenvalue weighted by molar-refractivity contribution is 5.92. The Hall–Kier alpha value is -2.11. The minimum Gasteiger partial charge on any atom is -0.347 e.